The maximum Gasteiger partial charge on any atom is 0.0885 e. The molecule has 1 aromatic heterocycles. The van der Waals surface area contributed by atoms with Gasteiger partial charge in [-0.25, -0.2) is 0 Å². The lowest BCUT2D eigenvalue weighted by Gasteiger charge is -2.01. The molecule has 0 radical (unpaired) electrons. The number of halogens is 1. The predicted molar refractivity (Wildman–Crippen MR) is 63.1 cm³/mol. The summed E-state index contributed by atoms with van der Waals surface area (Å²) < 4.78 is 1.05. The third kappa shape index (κ3) is 2.40. The van der Waals surface area contributed by atoms with E-state index < -0.39 is 0 Å². The van der Waals surface area contributed by atoms with Crippen LogP contribution in [0.15, 0.2) is 41.1 Å². The van der Waals surface area contributed by atoms with E-state index in [2.05, 4.69) is 25.9 Å². The van der Waals surface area contributed by atoms with Gasteiger partial charge in [0.1, 0.15) is 0 Å². The Bertz CT molecular complexity index is 436. The van der Waals surface area contributed by atoms with E-state index >= 15 is 0 Å². The fraction of sp³-hybridized carbons (Fsp3) is 0.0909. The average molecular weight is 264 g/mol. The van der Waals surface area contributed by atoms with Crippen molar-refractivity contribution in [1.82, 2.24) is 9.97 Å². The first-order valence-electron chi connectivity index (χ1n) is 4.56. The highest BCUT2D eigenvalue weighted by molar-refractivity contribution is 9.10. The van der Waals surface area contributed by atoms with E-state index in [1.165, 1.54) is 0 Å². The van der Waals surface area contributed by atoms with E-state index in [0.29, 0.717) is 6.54 Å². The molecule has 0 spiro atoms. The molecule has 15 heavy (non-hydrogen) atoms. The van der Waals surface area contributed by atoms with Crippen molar-refractivity contribution in [3.63, 3.8) is 0 Å². The van der Waals surface area contributed by atoms with Gasteiger partial charge in [0.15, 0.2) is 0 Å². The van der Waals surface area contributed by atoms with Crippen LogP contribution in [0.4, 0.5) is 0 Å². The summed E-state index contributed by atoms with van der Waals surface area (Å²) in [5.41, 5.74) is 8.16. The molecule has 0 atom stereocenters. The quantitative estimate of drug-likeness (QED) is 0.905. The van der Waals surface area contributed by atoms with E-state index in [0.717, 1.165) is 21.4 Å². The molecule has 0 aliphatic rings. The lowest BCUT2D eigenvalue weighted by molar-refractivity contribution is 0.966. The molecule has 2 aromatic rings. The average Bonchev–Trinajstić information content (AvgIpc) is 2.30. The van der Waals surface area contributed by atoms with Gasteiger partial charge in [-0.05, 0) is 12.1 Å². The molecular formula is C11H10BrN3. The first kappa shape index (κ1) is 10.3. The molecule has 76 valence electrons. The Kier molecular flexibility index (Phi) is 3.08. The number of rotatable bonds is 2. The van der Waals surface area contributed by atoms with Crippen LogP contribution in [0.3, 0.4) is 0 Å². The van der Waals surface area contributed by atoms with Crippen LogP contribution < -0.4 is 5.73 Å². The zero-order valence-corrected chi connectivity index (χ0v) is 9.61. The maximum absolute atomic E-state index is 5.45. The lowest BCUT2D eigenvalue weighted by atomic mass is 10.2. The fourth-order valence-corrected chi connectivity index (χ4v) is 1.49. The Morgan fingerprint density at radius 2 is 1.80 bits per heavy atom. The number of aromatic nitrogens is 2. The van der Waals surface area contributed by atoms with Gasteiger partial charge in [-0.1, -0.05) is 28.1 Å². The molecule has 1 aromatic carbocycles. The standard InChI is InChI=1S/C11H10BrN3/c12-9-3-1-8(2-4-9)11-7-14-10(5-13)6-15-11/h1-4,6-7H,5,13H2. The summed E-state index contributed by atoms with van der Waals surface area (Å²) in [5, 5.41) is 0. The highest BCUT2D eigenvalue weighted by Crippen LogP contribution is 2.18. The van der Waals surface area contributed by atoms with Gasteiger partial charge in [-0.2, -0.15) is 0 Å². The maximum atomic E-state index is 5.45. The number of benzene rings is 1. The van der Waals surface area contributed by atoms with Crippen LogP contribution in [-0.4, -0.2) is 9.97 Å². The van der Waals surface area contributed by atoms with Gasteiger partial charge in [0.2, 0.25) is 0 Å². The summed E-state index contributed by atoms with van der Waals surface area (Å²) in [6.07, 6.45) is 3.45. The van der Waals surface area contributed by atoms with Crippen LogP contribution in [0.5, 0.6) is 0 Å². The molecule has 1 heterocycles. The molecule has 4 heteroatoms. The van der Waals surface area contributed by atoms with E-state index in [9.17, 15) is 0 Å². The van der Waals surface area contributed by atoms with Crippen molar-refractivity contribution >= 4 is 15.9 Å². The second-order valence-electron chi connectivity index (χ2n) is 3.10. The SMILES string of the molecule is NCc1cnc(-c2ccc(Br)cc2)cn1. The zero-order valence-electron chi connectivity index (χ0n) is 8.02. The zero-order chi connectivity index (χ0) is 10.7. The Labute approximate surface area is 96.5 Å². The van der Waals surface area contributed by atoms with Crippen LogP contribution in [-0.2, 0) is 6.54 Å². The summed E-state index contributed by atoms with van der Waals surface area (Å²) in [6.45, 7) is 0.424. The van der Waals surface area contributed by atoms with Gasteiger partial charge in [0.05, 0.1) is 23.8 Å². The topological polar surface area (TPSA) is 51.8 Å². The van der Waals surface area contributed by atoms with Gasteiger partial charge in [-0.15, -0.1) is 0 Å². The summed E-state index contributed by atoms with van der Waals surface area (Å²) in [7, 11) is 0. The van der Waals surface area contributed by atoms with Crippen LogP contribution in [0.2, 0.25) is 0 Å². The third-order valence-corrected chi connectivity index (χ3v) is 2.58. The Morgan fingerprint density at radius 1 is 1.07 bits per heavy atom. The molecule has 0 bridgehead atoms. The van der Waals surface area contributed by atoms with Crippen LogP contribution in [0.25, 0.3) is 11.3 Å². The third-order valence-electron chi connectivity index (χ3n) is 2.05. The minimum atomic E-state index is 0.424. The molecule has 2 N–H and O–H groups in total. The number of nitrogens with zero attached hydrogens (tertiary/aromatic N) is 2. The van der Waals surface area contributed by atoms with Gasteiger partial charge < -0.3 is 5.73 Å². The largest absolute Gasteiger partial charge is 0.325 e. The number of hydrogen-bond acceptors (Lipinski definition) is 3. The van der Waals surface area contributed by atoms with Crippen LogP contribution >= 0.6 is 15.9 Å². The fourth-order valence-electron chi connectivity index (χ4n) is 1.23. The summed E-state index contributed by atoms with van der Waals surface area (Å²) >= 11 is 3.39. The molecule has 0 saturated carbocycles. The summed E-state index contributed by atoms with van der Waals surface area (Å²) in [6, 6.07) is 7.95. The molecule has 2 rings (SSSR count). The van der Waals surface area contributed by atoms with E-state index in [-0.39, 0.29) is 0 Å². The minimum Gasteiger partial charge on any atom is -0.325 e. The first-order valence-corrected chi connectivity index (χ1v) is 5.36. The molecule has 0 fully saturated rings. The van der Waals surface area contributed by atoms with E-state index in [1.54, 1.807) is 12.4 Å². The van der Waals surface area contributed by atoms with Crippen molar-refractivity contribution in [2.24, 2.45) is 5.73 Å². The molecular weight excluding hydrogens is 254 g/mol. The molecule has 0 aliphatic carbocycles. The Balaban J connectivity index is 2.33. The van der Waals surface area contributed by atoms with Crippen molar-refractivity contribution in [3.8, 4) is 11.3 Å². The van der Waals surface area contributed by atoms with E-state index in [1.807, 2.05) is 24.3 Å². The summed E-state index contributed by atoms with van der Waals surface area (Å²) in [4.78, 5) is 8.49. The normalized spacial score (nSPS) is 10.3. The Hall–Kier alpha value is -1.26. The molecule has 0 unspecified atom stereocenters. The van der Waals surface area contributed by atoms with Crippen molar-refractivity contribution in [3.05, 3.63) is 46.8 Å². The number of nitrogens with two attached hydrogens (primary N) is 1. The van der Waals surface area contributed by atoms with Crippen molar-refractivity contribution in [2.45, 2.75) is 6.54 Å². The first-order chi connectivity index (χ1) is 7.29. The summed E-state index contributed by atoms with van der Waals surface area (Å²) in [5.74, 6) is 0. The lowest BCUT2D eigenvalue weighted by Crippen LogP contribution is -2.00. The highest BCUT2D eigenvalue weighted by atomic mass is 79.9. The van der Waals surface area contributed by atoms with Gasteiger partial charge >= 0.3 is 0 Å². The van der Waals surface area contributed by atoms with E-state index in [4.69, 9.17) is 5.73 Å². The molecule has 3 nitrogen and oxygen atoms in total. The predicted octanol–water partition coefficient (Wildman–Crippen LogP) is 2.36. The van der Waals surface area contributed by atoms with Crippen molar-refractivity contribution < 1.29 is 0 Å². The van der Waals surface area contributed by atoms with Crippen molar-refractivity contribution in [2.75, 3.05) is 0 Å². The highest BCUT2D eigenvalue weighted by Gasteiger charge is 1.99. The molecule has 0 amide bonds. The molecule has 0 saturated heterocycles. The van der Waals surface area contributed by atoms with Crippen LogP contribution in [0.1, 0.15) is 5.69 Å². The molecule has 0 aliphatic heterocycles. The number of hydrogen-bond donors (Lipinski definition) is 1. The van der Waals surface area contributed by atoms with Gasteiger partial charge in [-0.3, -0.25) is 9.97 Å². The minimum absolute atomic E-state index is 0.424. The van der Waals surface area contributed by atoms with Crippen molar-refractivity contribution in [1.29, 1.82) is 0 Å². The smallest absolute Gasteiger partial charge is 0.0885 e. The van der Waals surface area contributed by atoms with Gasteiger partial charge in [0.25, 0.3) is 0 Å². The second kappa shape index (κ2) is 4.51. The van der Waals surface area contributed by atoms with Gasteiger partial charge in [0, 0.05) is 16.6 Å². The Morgan fingerprint density at radius 3 is 2.33 bits per heavy atom. The second-order valence-corrected chi connectivity index (χ2v) is 4.02. The monoisotopic (exact) mass is 263 g/mol. The van der Waals surface area contributed by atoms with Crippen LogP contribution in [0, 0.1) is 0 Å².